The van der Waals surface area contributed by atoms with E-state index in [2.05, 4.69) is 4.98 Å². The summed E-state index contributed by atoms with van der Waals surface area (Å²) in [6.07, 6.45) is 1.02. The van der Waals surface area contributed by atoms with Crippen LogP contribution in [0, 0.1) is 13.8 Å². The zero-order valence-corrected chi connectivity index (χ0v) is 22.6. The summed E-state index contributed by atoms with van der Waals surface area (Å²) >= 11 is 3.93. The van der Waals surface area contributed by atoms with Crippen molar-refractivity contribution in [3.05, 3.63) is 76.3 Å². The summed E-state index contributed by atoms with van der Waals surface area (Å²) in [5, 5.41) is 0.418. The van der Waals surface area contributed by atoms with Crippen LogP contribution in [0.4, 0.5) is 16.2 Å². The van der Waals surface area contributed by atoms with Crippen molar-refractivity contribution in [2.75, 3.05) is 16.3 Å². The summed E-state index contributed by atoms with van der Waals surface area (Å²) in [4.78, 5) is 31.1. The van der Waals surface area contributed by atoms with Crippen LogP contribution < -0.4 is 9.21 Å². The topological polar surface area (TPSA) is 105 Å². The number of hydrogen-bond acceptors (Lipinski definition) is 5. The van der Waals surface area contributed by atoms with Gasteiger partial charge in [0, 0.05) is 24.0 Å². The minimum absolute atomic E-state index is 0.0212. The molecular weight excluding hydrogens is 504 g/mol. The summed E-state index contributed by atoms with van der Waals surface area (Å²) in [6.45, 7) is 9.28. The van der Waals surface area contributed by atoms with Crippen molar-refractivity contribution < 1.29 is 23.1 Å². The zero-order valence-electron chi connectivity index (χ0n) is 21.0. The Balaban J connectivity index is 1.81. The maximum absolute atomic E-state index is 13.1. The molecule has 1 atom stereocenters. The van der Waals surface area contributed by atoms with E-state index in [9.17, 15) is 18.4 Å². The fraction of sp³-hybridized carbons (Fsp3) is 0.320. The summed E-state index contributed by atoms with van der Waals surface area (Å²) in [6, 6.07) is 11.9. The molecule has 0 saturated heterocycles. The Morgan fingerprint density at radius 2 is 1.72 bits per heavy atom. The van der Waals surface area contributed by atoms with Crippen LogP contribution in [0.3, 0.4) is 0 Å². The molecule has 3 rings (SSSR count). The molecule has 1 unspecified atom stereocenters. The first-order chi connectivity index (χ1) is 16.8. The number of anilines is 2. The molecule has 1 aromatic heterocycles. The van der Waals surface area contributed by atoms with Crippen LogP contribution in [0.25, 0.3) is 0 Å². The second-order valence-electron chi connectivity index (χ2n) is 9.28. The molecule has 36 heavy (non-hydrogen) atoms. The highest BCUT2D eigenvalue weighted by Crippen LogP contribution is 2.26. The highest BCUT2D eigenvalue weighted by Gasteiger charge is 2.26. The van der Waals surface area contributed by atoms with Gasteiger partial charge in [-0.15, -0.1) is 0 Å². The van der Waals surface area contributed by atoms with E-state index in [-0.39, 0.29) is 11.4 Å². The van der Waals surface area contributed by atoms with Crippen molar-refractivity contribution >= 4 is 46.2 Å². The number of ether oxygens (including phenoxy) is 1. The maximum Gasteiger partial charge on any atom is 0.414 e. The van der Waals surface area contributed by atoms with Gasteiger partial charge in [0.25, 0.3) is 17.2 Å². The van der Waals surface area contributed by atoms with Crippen LogP contribution in [0.15, 0.2) is 48.7 Å². The average molecular weight is 533 g/mol. The molecular formula is C25H29ClN4O5S. The predicted octanol–water partition coefficient (Wildman–Crippen LogP) is 5.36. The van der Waals surface area contributed by atoms with E-state index in [1.54, 1.807) is 81.8 Å². The summed E-state index contributed by atoms with van der Waals surface area (Å²) in [7, 11) is 1.60. The molecule has 0 fully saturated rings. The second-order valence-corrected chi connectivity index (χ2v) is 10.5. The molecule has 0 radical (unpaired) electrons. The zero-order chi connectivity index (χ0) is 26.8. The molecule has 0 aliphatic heterocycles. The fourth-order valence-corrected chi connectivity index (χ4v) is 4.10. The number of carbonyl (C=O) groups is 2. The van der Waals surface area contributed by atoms with E-state index in [4.69, 9.17) is 16.3 Å². The van der Waals surface area contributed by atoms with Gasteiger partial charge in [-0.2, -0.15) is 0 Å². The van der Waals surface area contributed by atoms with E-state index in [1.165, 1.54) is 11.1 Å². The largest absolute Gasteiger partial charge is 0.443 e. The van der Waals surface area contributed by atoms with Crippen molar-refractivity contribution in [2.24, 2.45) is 0 Å². The molecule has 1 N–H and O–H groups in total. The molecule has 0 aliphatic carbocycles. The Labute approximate surface area is 218 Å². The van der Waals surface area contributed by atoms with Crippen LogP contribution in [0.5, 0.6) is 0 Å². The number of aromatic nitrogens is 2. The Hall–Kier alpha value is -3.21. The molecule has 3 aromatic rings. The molecule has 192 valence electrons. The molecule has 0 bridgehead atoms. The lowest BCUT2D eigenvalue weighted by Crippen LogP contribution is -2.34. The third-order valence-electron chi connectivity index (χ3n) is 5.24. The first kappa shape index (κ1) is 27.4. The van der Waals surface area contributed by atoms with Crippen LogP contribution in [0.1, 0.15) is 48.2 Å². The first-order valence-electron chi connectivity index (χ1n) is 11.1. The van der Waals surface area contributed by atoms with Gasteiger partial charge in [0.15, 0.2) is 0 Å². The Morgan fingerprint density at radius 1 is 1.11 bits per heavy atom. The van der Waals surface area contributed by atoms with Crippen molar-refractivity contribution in [3.8, 4) is 0 Å². The fourth-order valence-electron chi connectivity index (χ4n) is 3.33. The smallest absolute Gasteiger partial charge is 0.414 e. The molecule has 2 aromatic carbocycles. The van der Waals surface area contributed by atoms with Gasteiger partial charge < -0.3 is 9.30 Å². The van der Waals surface area contributed by atoms with E-state index in [0.717, 1.165) is 15.4 Å². The Bertz CT molecular complexity index is 1300. The van der Waals surface area contributed by atoms with E-state index >= 15 is 0 Å². The number of benzene rings is 2. The lowest BCUT2D eigenvalue weighted by atomic mass is 10.2. The van der Waals surface area contributed by atoms with Gasteiger partial charge in [-0.05, 0) is 64.4 Å². The average Bonchev–Trinajstić information content (AvgIpc) is 3.15. The molecule has 0 saturated carbocycles. The van der Waals surface area contributed by atoms with Crippen LogP contribution in [-0.4, -0.2) is 43.0 Å². The van der Waals surface area contributed by atoms with Crippen molar-refractivity contribution in [1.29, 1.82) is 0 Å². The normalized spacial score (nSPS) is 12.2. The number of hydrogen-bond donors (Lipinski definition) is 1. The predicted molar refractivity (Wildman–Crippen MR) is 141 cm³/mol. The maximum atomic E-state index is 13.1. The molecule has 0 aliphatic rings. The number of halogens is 1. The number of carbonyl (C=O) groups excluding carboxylic acids is 2. The lowest BCUT2D eigenvalue weighted by Gasteiger charge is -2.25. The van der Waals surface area contributed by atoms with Crippen molar-refractivity contribution in [3.63, 3.8) is 0 Å². The SMILES string of the molecule is Cc1ccc(N(C(=O)c2cn(Cc3ccc(N(C)C(=O)OC(C)(C)C)cc3Cl)c(C)n2)S(=O)O)cc1. The lowest BCUT2D eigenvalue weighted by molar-refractivity contribution is 0.0589. The number of rotatable bonds is 6. The third-order valence-corrected chi connectivity index (χ3v) is 6.28. The Morgan fingerprint density at radius 3 is 2.28 bits per heavy atom. The third kappa shape index (κ3) is 6.51. The van der Waals surface area contributed by atoms with Gasteiger partial charge >= 0.3 is 6.09 Å². The summed E-state index contributed by atoms with van der Waals surface area (Å²) in [5.74, 6) is -0.182. The van der Waals surface area contributed by atoms with Gasteiger partial charge in [-0.25, -0.2) is 18.3 Å². The van der Waals surface area contributed by atoms with E-state index < -0.39 is 28.9 Å². The molecule has 11 heteroatoms. The monoisotopic (exact) mass is 532 g/mol. The highest BCUT2D eigenvalue weighted by atomic mass is 35.5. The molecule has 0 spiro atoms. The summed E-state index contributed by atoms with van der Waals surface area (Å²) in [5.41, 5.74) is 1.93. The minimum Gasteiger partial charge on any atom is -0.443 e. The Kier molecular flexibility index (Phi) is 8.22. The van der Waals surface area contributed by atoms with Gasteiger partial charge in [0.05, 0.1) is 12.2 Å². The summed E-state index contributed by atoms with van der Waals surface area (Å²) < 4.78 is 29.6. The highest BCUT2D eigenvalue weighted by molar-refractivity contribution is 7.81. The van der Waals surface area contributed by atoms with Crippen molar-refractivity contribution in [2.45, 2.75) is 46.8 Å². The standard InChI is InChI=1S/C25H29ClN4O5S/c1-16-7-10-19(11-8-16)30(36(33)34)23(31)22-15-29(17(2)27-22)14-18-9-12-20(13-21(18)26)28(6)24(32)35-25(3,4)5/h7-13,15H,14H2,1-6H3,(H,33,34). The molecule has 1 heterocycles. The number of nitrogens with zero attached hydrogens (tertiary/aromatic N) is 4. The second kappa shape index (κ2) is 10.8. The van der Waals surface area contributed by atoms with E-state index in [1.807, 2.05) is 6.92 Å². The van der Waals surface area contributed by atoms with E-state index in [0.29, 0.717) is 23.1 Å². The minimum atomic E-state index is -2.58. The van der Waals surface area contributed by atoms with Gasteiger partial charge in [0.1, 0.15) is 17.1 Å². The number of aryl methyl sites for hydroxylation is 2. The van der Waals surface area contributed by atoms with Gasteiger partial charge in [-0.1, -0.05) is 35.4 Å². The molecule has 9 nitrogen and oxygen atoms in total. The number of imidazole rings is 1. The van der Waals surface area contributed by atoms with Gasteiger partial charge in [-0.3, -0.25) is 14.2 Å². The van der Waals surface area contributed by atoms with Crippen LogP contribution >= 0.6 is 11.6 Å². The first-order valence-corrected chi connectivity index (χ1v) is 12.5. The quantitative estimate of drug-likeness (QED) is 0.429. The van der Waals surface area contributed by atoms with Crippen LogP contribution in [0.2, 0.25) is 5.02 Å². The number of amides is 2. The van der Waals surface area contributed by atoms with Gasteiger partial charge in [0.2, 0.25) is 0 Å². The molecule has 2 amide bonds. The van der Waals surface area contributed by atoms with Crippen LogP contribution in [-0.2, 0) is 22.5 Å². The van der Waals surface area contributed by atoms with Crippen molar-refractivity contribution in [1.82, 2.24) is 9.55 Å².